The molecule has 0 bridgehead atoms. The number of phenolic OH excluding ortho intramolecular Hbond substituents is 1. The van der Waals surface area contributed by atoms with Crippen LogP contribution >= 0.6 is 0 Å². The third kappa shape index (κ3) is 4.00. The standard InChI is InChI=1S/C15H23NO2/c17-14-8-4-7-13(9-14)15(18)11-16-10-12-5-2-1-3-6-12/h4,7-9,12,15-18H,1-3,5-6,10-11H2. The molecule has 1 aliphatic rings. The minimum atomic E-state index is -0.541. The summed E-state index contributed by atoms with van der Waals surface area (Å²) in [5.41, 5.74) is 0.770. The smallest absolute Gasteiger partial charge is 0.115 e. The first-order valence-electron chi connectivity index (χ1n) is 6.93. The van der Waals surface area contributed by atoms with Crippen molar-refractivity contribution in [3.8, 4) is 5.75 Å². The van der Waals surface area contributed by atoms with Gasteiger partial charge in [-0.25, -0.2) is 0 Å². The molecule has 1 atom stereocenters. The Morgan fingerprint density at radius 1 is 1.22 bits per heavy atom. The molecule has 1 aliphatic carbocycles. The van der Waals surface area contributed by atoms with Crippen molar-refractivity contribution >= 4 is 0 Å². The lowest BCUT2D eigenvalue weighted by Gasteiger charge is -2.22. The Morgan fingerprint density at radius 2 is 2.00 bits per heavy atom. The molecule has 0 heterocycles. The van der Waals surface area contributed by atoms with Crippen molar-refractivity contribution in [2.75, 3.05) is 13.1 Å². The molecule has 0 spiro atoms. The third-order valence-electron chi connectivity index (χ3n) is 3.75. The van der Waals surface area contributed by atoms with E-state index in [1.54, 1.807) is 18.2 Å². The van der Waals surface area contributed by atoms with Gasteiger partial charge in [0.05, 0.1) is 6.10 Å². The zero-order valence-electron chi connectivity index (χ0n) is 10.8. The lowest BCUT2D eigenvalue weighted by molar-refractivity contribution is 0.170. The number of nitrogens with one attached hydrogen (secondary N) is 1. The van der Waals surface area contributed by atoms with E-state index in [4.69, 9.17) is 0 Å². The van der Waals surface area contributed by atoms with Crippen molar-refractivity contribution in [1.82, 2.24) is 5.32 Å². The van der Waals surface area contributed by atoms with Crippen molar-refractivity contribution in [1.29, 1.82) is 0 Å². The van der Waals surface area contributed by atoms with Crippen LogP contribution in [0.15, 0.2) is 24.3 Å². The highest BCUT2D eigenvalue weighted by Crippen LogP contribution is 2.23. The largest absolute Gasteiger partial charge is 0.508 e. The molecule has 0 aliphatic heterocycles. The molecule has 1 aromatic carbocycles. The predicted molar refractivity (Wildman–Crippen MR) is 72.5 cm³/mol. The molecule has 0 amide bonds. The SMILES string of the molecule is Oc1cccc(C(O)CNCC2CCCCC2)c1. The molecule has 1 unspecified atom stereocenters. The summed E-state index contributed by atoms with van der Waals surface area (Å²) in [6, 6.07) is 6.83. The van der Waals surface area contributed by atoms with Crippen LogP contribution in [-0.4, -0.2) is 23.3 Å². The van der Waals surface area contributed by atoms with Gasteiger partial charge in [-0.3, -0.25) is 0 Å². The van der Waals surface area contributed by atoms with Gasteiger partial charge < -0.3 is 15.5 Å². The molecule has 100 valence electrons. The second-order valence-corrected chi connectivity index (χ2v) is 5.27. The number of rotatable bonds is 5. The molecule has 18 heavy (non-hydrogen) atoms. The van der Waals surface area contributed by atoms with Gasteiger partial charge in [-0.2, -0.15) is 0 Å². The molecule has 1 saturated carbocycles. The number of hydrogen-bond donors (Lipinski definition) is 3. The average molecular weight is 249 g/mol. The van der Waals surface area contributed by atoms with Gasteiger partial charge in [0.15, 0.2) is 0 Å². The van der Waals surface area contributed by atoms with E-state index in [1.807, 2.05) is 6.07 Å². The number of phenols is 1. The van der Waals surface area contributed by atoms with Crippen LogP contribution < -0.4 is 5.32 Å². The molecular formula is C15H23NO2. The summed E-state index contributed by atoms with van der Waals surface area (Å²) in [4.78, 5) is 0. The normalized spacial score (nSPS) is 18.7. The molecular weight excluding hydrogens is 226 g/mol. The summed E-state index contributed by atoms with van der Waals surface area (Å²) in [6.45, 7) is 1.55. The Morgan fingerprint density at radius 3 is 2.72 bits per heavy atom. The maximum Gasteiger partial charge on any atom is 0.115 e. The van der Waals surface area contributed by atoms with Gasteiger partial charge in [-0.05, 0) is 43.0 Å². The van der Waals surface area contributed by atoms with Crippen LogP contribution in [0.5, 0.6) is 5.75 Å². The van der Waals surface area contributed by atoms with Gasteiger partial charge in [-0.15, -0.1) is 0 Å². The fraction of sp³-hybridized carbons (Fsp3) is 0.600. The molecule has 1 aromatic rings. The van der Waals surface area contributed by atoms with Crippen LogP contribution in [0.25, 0.3) is 0 Å². The Balaban J connectivity index is 1.72. The molecule has 0 aromatic heterocycles. The molecule has 3 N–H and O–H groups in total. The Hall–Kier alpha value is -1.06. The number of benzene rings is 1. The maximum atomic E-state index is 10.0. The Kier molecular flexibility index (Phi) is 5.02. The minimum Gasteiger partial charge on any atom is -0.508 e. The van der Waals surface area contributed by atoms with Crippen LogP contribution in [0.1, 0.15) is 43.8 Å². The molecule has 2 rings (SSSR count). The first kappa shape index (κ1) is 13.4. The summed E-state index contributed by atoms with van der Waals surface area (Å²) in [5, 5.41) is 22.7. The van der Waals surface area contributed by atoms with Crippen molar-refractivity contribution in [3.63, 3.8) is 0 Å². The van der Waals surface area contributed by atoms with E-state index in [0.717, 1.165) is 18.0 Å². The highest BCUT2D eigenvalue weighted by molar-refractivity contribution is 5.28. The van der Waals surface area contributed by atoms with Crippen LogP contribution in [0.4, 0.5) is 0 Å². The lowest BCUT2D eigenvalue weighted by atomic mass is 9.89. The van der Waals surface area contributed by atoms with Gasteiger partial charge >= 0.3 is 0 Å². The highest BCUT2D eigenvalue weighted by atomic mass is 16.3. The minimum absolute atomic E-state index is 0.207. The van der Waals surface area contributed by atoms with Crippen molar-refractivity contribution in [2.45, 2.75) is 38.2 Å². The Labute approximate surface area is 109 Å². The van der Waals surface area contributed by atoms with Crippen molar-refractivity contribution in [3.05, 3.63) is 29.8 Å². The summed E-state index contributed by atoms with van der Waals surface area (Å²) in [5.74, 6) is 0.981. The molecule has 0 radical (unpaired) electrons. The number of hydrogen-bond acceptors (Lipinski definition) is 3. The summed E-state index contributed by atoms with van der Waals surface area (Å²) < 4.78 is 0. The van der Waals surface area contributed by atoms with E-state index in [0.29, 0.717) is 6.54 Å². The second-order valence-electron chi connectivity index (χ2n) is 5.27. The Bertz CT molecular complexity index is 361. The molecule has 3 nitrogen and oxygen atoms in total. The zero-order chi connectivity index (χ0) is 12.8. The fourth-order valence-electron chi connectivity index (χ4n) is 2.67. The summed E-state index contributed by atoms with van der Waals surface area (Å²) in [7, 11) is 0. The maximum absolute atomic E-state index is 10.0. The second kappa shape index (κ2) is 6.76. The fourth-order valence-corrected chi connectivity index (χ4v) is 2.67. The van der Waals surface area contributed by atoms with Gasteiger partial charge in [0.2, 0.25) is 0 Å². The van der Waals surface area contributed by atoms with Crippen LogP contribution in [-0.2, 0) is 0 Å². The zero-order valence-corrected chi connectivity index (χ0v) is 10.8. The highest BCUT2D eigenvalue weighted by Gasteiger charge is 2.14. The number of aromatic hydroxyl groups is 1. The van der Waals surface area contributed by atoms with Gasteiger partial charge in [-0.1, -0.05) is 31.4 Å². The first-order chi connectivity index (χ1) is 8.75. The van der Waals surface area contributed by atoms with E-state index < -0.39 is 6.10 Å². The third-order valence-corrected chi connectivity index (χ3v) is 3.75. The van der Waals surface area contributed by atoms with E-state index >= 15 is 0 Å². The van der Waals surface area contributed by atoms with E-state index in [1.165, 1.54) is 32.1 Å². The molecule has 1 fully saturated rings. The van der Waals surface area contributed by atoms with E-state index in [2.05, 4.69) is 5.32 Å². The van der Waals surface area contributed by atoms with Crippen LogP contribution in [0.2, 0.25) is 0 Å². The molecule has 3 heteroatoms. The van der Waals surface area contributed by atoms with E-state index in [9.17, 15) is 10.2 Å². The van der Waals surface area contributed by atoms with Crippen LogP contribution in [0, 0.1) is 5.92 Å². The van der Waals surface area contributed by atoms with Crippen molar-refractivity contribution < 1.29 is 10.2 Å². The van der Waals surface area contributed by atoms with E-state index in [-0.39, 0.29) is 5.75 Å². The van der Waals surface area contributed by atoms with Gasteiger partial charge in [0.25, 0.3) is 0 Å². The predicted octanol–water partition coefficient (Wildman–Crippen LogP) is 2.60. The first-order valence-corrected chi connectivity index (χ1v) is 6.93. The lowest BCUT2D eigenvalue weighted by Crippen LogP contribution is -2.28. The summed E-state index contributed by atoms with van der Waals surface area (Å²) >= 11 is 0. The topological polar surface area (TPSA) is 52.5 Å². The van der Waals surface area contributed by atoms with Crippen LogP contribution in [0.3, 0.4) is 0 Å². The number of aliphatic hydroxyl groups is 1. The van der Waals surface area contributed by atoms with Crippen molar-refractivity contribution in [2.24, 2.45) is 5.92 Å². The van der Waals surface area contributed by atoms with Gasteiger partial charge in [0, 0.05) is 6.54 Å². The number of aliphatic hydroxyl groups excluding tert-OH is 1. The molecule has 0 saturated heterocycles. The average Bonchev–Trinajstić information content (AvgIpc) is 2.40. The van der Waals surface area contributed by atoms with Gasteiger partial charge in [0.1, 0.15) is 5.75 Å². The quantitative estimate of drug-likeness (QED) is 0.752. The monoisotopic (exact) mass is 249 g/mol. The summed E-state index contributed by atoms with van der Waals surface area (Å²) in [6.07, 6.45) is 6.16.